The van der Waals surface area contributed by atoms with Crippen LogP contribution in [0.15, 0.2) is 22.5 Å². The predicted molar refractivity (Wildman–Crippen MR) is 82.8 cm³/mol. The topological polar surface area (TPSA) is 39.7 Å². The van der Waals surface area contributed by atoms with Gasteiger partial charge in [0.25, 0.3) is 0 Å². The molecule has 0 bridgehead atoms. The lowest BCUT2D eigenvalue weighted by Crippen LogP contribution is -2.38. The lowest BCUT2D eigenvalue weighted by atomic mass is 10.4. The SMILES string of the molecule is CN=C(NCCCN1CCCC1)NCc1cccs1. The average molecular weight is 280 g/mol. The van der Waals surface area contributed by atoms with Gasteiger partial charge >= 0.3 is 0 Å². The van der Waals surface area contributed by atoms with E-state index in [0.717, 1.165) is 19.0 Å². The van der Waals surface area contributed by atoms with Crippen molar-refractivity contribution in [1.29, 1.82) is 0 Å². The minimum Gasteiger partial charge on any atom is -0.356 e. The molecule has 0 aromatic carbocycles. The van der Waals surface area contributed by atoms with Crippen molar-refractivity contribution in [3.63, 3.8) is 0 Å². The molecule has 19 heavy (non-hydrogen) atoms. The first-order valence-electron chi connectivity index (χ1n) is 7.08. The summed E-state index contributed by atoms with van der Waals surface area (Å²) in [6.07, 6.45) is 3.93. The van der Waals surface area contributed by atoms with Crippen LogP contribution in [0.2, 0.25) is 0 Å². The fourth-order valence-electron chi connectivity index (χ4n) is 2.32. The molecule has 106 valence electrons. The van der Waals surface area contributed by atoms with Crippen LogP contribution >= 0.6 is 11.3 Å². The molecule has 0 radical (unpaired) electrons. The summed E-state index contributed by atoms with van der Waals surface area (Å²) in [6, 6.07) is 4.21. The zero-order valence-electron chi connectivity index (χ0n) is 11.7. The van der Waals surface area contributed by atoms with Crippen molar-refractivity contribution in [2.24, 2.45) is 4.99 Å². The Hall–Kier alpha value is -1.07. The van der Waals surface area contributed by atoms with Gasteiger partial charge in [-0.3, -0.25) is 4.99 Å². The van der Waals surface area contributed by atoms with Crippen molar-refractivity contribution < 1.29 is 0 Å². The van der Waals surface area contributed by atoms with Crippen molar-refractivity contribution in [3.05, 3.63) is 22.4 Å². The molecular formula is C14H24N4S. The van der Waals surface area contributed by atoms with Gasteiger partial charge in [-0.05, 0) is 50.3 Å². The summed E-state index contributed by atoms with van der Waals surface area (Å²) in [7, 11) is 1.82. The van der Waals surface area contributed by atoms with Crippen molar-refractivity contribution in [1.82, 2.24) is 15.5 Å². The van der Waals surface area contributed by atoms with Gasteiger partial charge < -0.3 is 15.5 Å². The third-order valence-corrected chi connectivity index (χ3v) is 4.25. The van der Waals surface area contributed by atoms with Gasteiger partial charge in [0.05, 0.1) is 6.54 Å². The first-order chi connectivity index (χ1) is 9.38. The Morgan fingerprint density at radius 1 is 1.37 bits per heavy atom. The molecule has 0 spiro atoms. The van der Waals surface area contributed by atoms with Crippen LogP contribution in [0.25, 0.3) is 0 Å². The Bertz CT molecular complexity index is 369. The molecule has 2 N–H and O–H groups in total. The zero-order valence-corrected chi connectivity index (χ0v) is 12.5. The summed E-state index contributed by atoms with van der Waals surface area (Å²) in [5.74, 6) is 0.898. The smallest absolute Gasteiger partial charge is 0.191 e. The summed E-state index contributed by atoms with van der Waals surface area (Å²) in [4.78, 5) is 8.12. The normalized spacial score (nSPS) is 16.8. The minimum atomic E-state index is 0.851. The van der Waals surface area contributed by atoms with Gasteiger partial charge in [-0.25, -0.2) is 0 Å². The number of guanidine groups is 1. The summed E-state index contributed by atoms with van der Waals surface area (Å²) >= 11 is 1.77. The van der Waals surface area contributed by atoms with Gasteiger partial charge in [0, 0.05) is 18.5 Å². The number of thiophene rings is 1. The van der Waals surface area contributed by atoms with E-state index < -0.39 is 0 Å². The number of nitrogens with one attached hydrogen (secondary N) is 2. The van der Waals surface area contributed by atoms with Gasteiger partial charge in [0.1, 0.15) is 0 Å². The maximum Gasteiger partial charge on any atom is 0.191 e. The fourth-order valence-corrected chi connectivity index (χ4v) is 2.96. The molecule has 5 heteroatoms. The highest BCUT2D eigenvalue weighted by Crippen LogP contribution is 2.07. The maximum absolute atomic E-state index is 4.24. The van der Waals surface area contributed by atoms with E-state index >= 15 is 0 Å². The highest BCUT2D eigenvalue weighted by Gasteiger charge is 2.10. The van der Waals surface area contributed by atoms with Gasteiger partial charge in [0.2, 0.25) is 0 Å². The van der Waals surface area contributed by atoms with E-state index in [2.05, 4.69) is 38.0 Å². The van der Waals surface area contributed by atoms with E-state index in [-0.39, 0.29) is 0 Å². The Kier molecular flexibility index (Phi) is 6.17. The van der Waals surface area contributed by atoms with Gasteiger partial charge in [-0.1, -0.05) is 6.07 Å². The quantitative estimate of drug-likeness (QED) is 0.475. The second-order valence-corrected chi connectivity index (χ2v) is 5.87. The Morgan fingerprint density at radius 2 is 2.21 bits per heavy atom. The molecule has 0 atom stereocenters. The number of hydrogen-bond acceptors (Lipinski definition) is 3. The molecular weight excluding hydrogens is 256 g/mol. The molecule has 0 aliphatic carbocycles. The number of nitrogens with zero attached hydrogens (tertiary/aromatic N) is 2. The standard InChI is InChI=1S/C14H24N4S/c1-15-14(17-12-13-6-4-11-19-13)16-7-5-10-18-8-2-3-9-18/h4,6,11H,2-3,5,7-10,12H2,1H3,(H2,15,16,17). The van der Waals surface area contributed by atoms with Crippen molar-refractivity contribution >= 4 is 17.3 Å². The molecule has 1 aliphatic heterocycles. The van der Waals surface area contributed by atoms with Gasteiger partial charge in [-0.2, -0.15) is 0 Å². The molecule has 4 nitrogen and oxygen atoms in total. The van der Waals surface area contributed by atoms with Crippen molar-refractivity contribution in [2.75, 3.05) is 33.2 Å². The highest BCUT2D eigenvalue weighted by molar-refractivity contribution is 7.09. The second-order valence-electron chi connectivity index (χ2n) is 4.83. The van der Waals surface area contributed by atoms with Crippen LogP contribution < -0.4 is 10.6 Å². The third-order valence-electron chi connectivity index (χ3n) is 3.38. The molecule has 1 fully saturated rings. The molecule has 1 aromatic rings. The highest BCUT2D eigenvalue weighted by atomic mass is 32.1. The van der Waals surface area contributed by atoms with Gasteiger partial charge in [0.15, 0.2) is 5.96 Å². The van der Waals surface area contributed by atoms with Crippen LogP contribution in [0.4, 0.5) is 0 Å². The molecule has 1 aromatic heterocycles. The average Bonchev–Trinajstić information content (AvgIpc) is 3.11. The second kappa shape index (κ2) is 8.17. The third kappa shape index (κ3) is 5.20. The summed E-state index contributed by atoms with van der Waals surface area (Å²) in [5.41, 5.74) is 0. The number of likely N-dealkylation sites (tertiary alicyclic amines) is 1. The zero-order chi connectivity index (χ0) is 13.3. The summed E-state index contributed by atoms with van der Waals surface area (Å²) in [6.45, 7) is 5.61. The minimum absolute atomic E-state index is 0.851. The maximum atomic E-state index is 4.24. The predicted octanol–water partition coefficient (Wildman–Crippen LogP) is 1.90. The van der Waals surface area contributed by atoms with E-state index in [1.54, 1.807) is 11.3 Å². The molecule has 1 saturated heterocycles. The van der Waals surface area contributed by atoms with Crippen molar-refractivity contribution in [2.45, 2.75) is 25.8 Å². The molecule has 2 rings (SSSR count). The van der Waals surface area contributed by atoms with Crippen LogP contribution in [0, 0.1) is 0 Å². The number of rotatable bonds is 6. The number of aliphatic imine (C=N–C) groups is 1. The van der Waals surface area contributed by atoms with Crippen LogP contribution in [-0.4, -0.2) is 44.1 Å². The Labute approximate surface area is 119 Å². The molecule has 2 heterocycles. The van der Waals surface area contributed by atoms with E-state index in [4.69, 9.17) is 0 Å². The van der Waals surface area contributed by atoms with E-state index in [9.17, 15) is 0 Å². The fraction of sp³-hybridized carbons (Fsp3) is 0.643. The summed E-state index contributed by atoms with van der Waals surface area (Å²) < 4.78 is 0. The van der Waals surface area contributed by atoms with Gasteiger partial charge in [-0.15, -0.1) is 11.3 Å². The number of hydrogen-bond donors (Lipinski definition) is 2. The molecule has 1 aliphatic rings. The van der Waals surface area contributed by atoms with E-state index in [1.807, 2.05) is 7.05 Å². The van der Waals surface area contributed by atoms with E-state index in [1.165, 1.54) is 43.8 Å². The molecule has 0 amide bonds. The molecule has 0 unspecified atom stereocenters. The largest absolute Gasteiger partial charge is 0.356 e. The lowest BCUT2D eigenvalue weighted by molar-refractivity contribution is 0.334. The monoisotopic (exact) mass is 280 g/mol. The van der Waals surface area contributed by atoms with Crippen LogP contribution in [-0.2, 0) is 6.54 Å². The van der Waals surface area contributed by atoms with Crippen LogP contribution in [0.1, 0.15) is 24.1 Å². The van der Waals surface area contributed by atoms with E-state index in [0.29, 0.717) is 0 Å². The Morgan fingerprint density at radius 3 is 2.89 bits per heavy atom. The summed E-state index contributed by atoms with van der Waals surface area (Å²) in [5, 5.41) is 8.81. The van der Waals surface area contributed by atoms with Crippen molar-refractivity contribution in [3.8, 4) is 0 Å². The molecule has 0 saturated carbocycles. The lowest BCUT2D eigenvalue weighted by Gasteiger charge is -2.15. The first-order valence-corrected chi connectivity index (χ1v) is 7.95. The first kappa shape index (κ1) is 14.3. The van der Waals surface area contributed by atoms with Crippen LogP contribution in [0.3, 0.4) is 0 Å². The Balaban J connectivity index is 1.57. The van der Waals surface area contributed by atoms with Crippen LogP contribution in [0.5, 0.6) is 0 Å².